The van der Waals surface area contributed by atoms with Crippen molar-refractivity contribution in [3.63, 3.8) is 0 Å². The van der Waals surface area contributed by atoms with Crippen molar-refractivity contribution in [3.8, 4) is 0 Å². The number of ketones is 1. The minimum absolute atomic E-state index is 0.0332. The zero-order valence-corrected chi connectivity index (χ0v) is 14.9. The Balaban J connectivity index is 1.66. The molecule has 0 amide bonds. The maximum Gasteiger partial charge on any atom is 0.185 e. The third kappa shape index (κ3) is 4.60. The third-order valence-corrected chi connectivity index (χ3v) is 4.03. The van der Waals surface area contributed by atoms with Gasteiger partial charge in [0.05, 0.1) is 17.9 Å². The summed E-state index contributed by atoms with van der Waals surface area (Å²) < 4.78 is 0.844. The number of hydrogen-bond donors (Lipinski definition) is 2. The summed E-state index contributed by atoms with van der Waals surface area (Å²) in [7, 11) is 0. The van der Waals surface area contributed by atoms with Crippen LogP contribution in [-0.4, -0.2) is 20.7 Å². The van der Waals surface area contributed by atoms with Crippen LogP contribution in [0, 0.1) is 0 Å². The first-order chi connectivity index (χ1) is 12.1. The van der Waals surface area contributed by atoms with Crippen LogP contribution in [0.1, 0.15) is 21.7 Å². The van der Waals surface area contributed by atoms with E-state index in [1.54, 1.807) is 30.7 Å². The fourth-order valence-electron chi connectivity index (χ4n) is 2.30. The van der Waals surface area contributed by atoms with E-state index in [4.69, 9.17) is 5.73 Å². The first-order valence-corrected chi connectivity index (χ1v) is 8.44. The molecule has 3 heterocycles. The number of anilines is 2. The Morgan fingerprint density at radius 2 is 2.00 bits per heavy atom. The maximum absolute atomic E-state index is 12.3. The highest BCUT2D eigenvalue weighted by Crippen LogP contribution is 2.15. The van der Waals surface area contributed by atoms with Gasteiger partial charge in [0.15, 0.2) is 5.78 Å². The Morgan fingerprint density at radius 3 is 2.76 bits per heavy atom. The molecule has 0 aliphatic heterocycles. The van der Waals surface area contributed by atoms with Crippen molar-refractivity contribution in [1.82, 2.24) is 15.0 Å². The molecule has 3 rings (SSSR count). The average molecular weight is 398 g/mol. The SMILES string of the molecule is Nc1ncccc1NCc1cc(CC(=O)c2ccc(Br)cn2)ccn1. The summed E-state index contributed by atoms with van der Waals surface area (Å²) in [6, 6.07) is 10.9. The first kappa shape index (κ1) is 17.0. The monoisotopic (exact) mass is 397 g/mol. The first-order valence-electron chi connectivity index (χ1n) is 7.65. The van der Waals surface area contributed by atoms with Gasteiger partial charge >= 0.3 is 0 Å². The van der Waals surface area contributed by atoms with Crippen molar-refractivity contribution in [2.75, 3.05) is 11.1 Å². The Bertz CT molecular complexity index is 883. The molecule has 0 atom stereocenters. The summed E-state index contributed by atoms with van der Waals surface area (Å²) in [5.41, 5.74) is 8.71. The van der Waals surface area contributed by atoms with Gasteiger partial charge in [0.1, 0.15) is 11.5 Å². The number of carbonyl (C=O) groups excluding carboxylic acids is 1. The number of rotatable bonds is 6. The number of nitrogens with one attached hydrogen (secondary N) is 1. The molecule has 0 saturated carbocycles. The predicted molar refractivity (Wildman–Crippen MR) is 100 cm³/mol. The Hall–Kier alpha value is -2.80. The van der Waals surface area contributed by atoms with Crippen LogP contribution in [0.15, 0.2) is 59.5 Å². The fourth-order valence-corrected chi connectivity index (χ4v) is 2.54. The van der Waals surface area contributed by atoms with Crippen LogP contribution in [0.25, 0.3) is 0 Å². The van der Waals surface area contributed by atoms with Crippen LogP contribution < -0.4 is 11.1 Å². The molecule has 126 valence electrons. The molecular weight excluding hydrogens is 382 g/mol. The molecule has 0 aliphatic rings. The molecule has 3 N–H and O–H groups in total. The highest BCUT2D eigenvalue weighted by molar-refractivity contribution is 9.10. The van der Waals surface area contributed by atoms with Gasteiger partial charge in [-0.05, 0) is 57.9 Å². The largest absolute Gasteiger partial charge is 0.382 e. The number of nitrogens with two attached hydrogens (primary N) is 1. The van der Waals surface area contributed by atoms with Gasteiger partial charge in [-0.2, -0.15) is 0 Å². The van der Waals surface area contributed by atoms with Crippen LogP contribution in [0.5, 0.6) is 0 Å². The molecule has 0 spiro atoms. The highest BCUT2D eigenvalue weighted by Gasteiger charge is 2.09. The van der Waals surface area contributed by atoms with Gasteiger partial charge in [-0.15, -0.1) is 0 Å². The normalized spacial score (nSPS) is 10.4. The summed E-state index contributed by atoms with van der Waals surface area (Å²) >= 11 is 3.31. The van der Waals surface area contributed by atoms with Crippen LogP contribution >= 0.6 is 15.9 Å². The molecule has 3 aromatic rings. The van der Waals surface area contributed by atoms with Crippen molar-refractivity contribution in [1.29, 1.82) is 0 Å². The lowest BCUT2D eigenvalue weighted by atomic mass is 10.1. The smallest absolute Gasteiger partial charge is 0.185 e. The lowest BCUT2D eigenvalue weighted by Crippen LogP contribution is -2.08. The molecule has 0 aliphatic carbocycles. The number of Topliss-reactive ketones (excluding diaryl/α,β-unsaturated/α-hetero) is 1. The number of aromatic nitrogens is 3. The molecule has 25 heavy (non-hydrogen) atoms. The number of nitrogen functional groups attached to an aromatic ring is 1. The second-order valence-electron chi connectivity index (χ2n) is 5.41. The number of pyridine rings is 3. The van der Waals surface area contributed by atoms with Gasteiger partial charge in [-0.3, -0.25) is 14.8 Å². The van der Waals surface area contributed by atoms with Crippen molar-refractivity contribution in [2.24, 2.45) is 0 Å². The predicted octanol–water partition coefficient (Wildman–Crippen LogP) is 3.25. The lowest BCUT2D eigenvalue weighted by Gasteiger charge is -2.09. The van der Waals surface area contributed by atoms with E-state index in [1.165, 1.54) is 0 Å². The molecule has 0 fully saturated rings. The van der Waals surface area contributed by atoms with Gasteiger partial charge in [0.2, 0.25) is 0 Å². The Labute approximate surface area is 153 Å². The molecule has 7 heteroatoms. The zero-order valence-electron chi connectivity index (χ0n) is 13.3. The van der Waals surface area contributed by atoms with E-state index in [0.717, 1.165) is 21.4 Å². The molecule has 0 aromatic carbocycles. The number of hydrogen-bond acceptors (Lipinski definition) is 6. The van der Waals surface area contributed by atoms with Gasteiger partial charge < -0.3 is 11.1 Å². The molecule has 6 nitrogen and oxygen atoms in total. The molecular formula is C18H16BrN5O. The lowest BCUT2D eigenvalue weighted by molar-refractivity contribution is 0.0988. The van der Waals surface area contributed by atoms with E-state index in [-0.39, 0.29) is 12.2 Å². The standard InChI is InChI=1S/C18H16BrN5O/c19-13-3-4-15(23-10-13)17(25)9-12-5-7-21-14(8-12)11-24-16-2-1-6-22-18(16)20/h1-8,10,24H,9,11H2,(H2,20,22). The van der Waals surface area contributed by atoms with Crippen molar-refractivity contribution >= 4 is 33.2 Å². The summed E-state index contributed by atoms with van der Waals surface area (Å²) in [6.45, 7) is 0.495. The summed E-state index contributed by atoms with van der Waals surface area (Å²) in [5.74, 6) is 0.407. The van der Waals surface area contributed by atoms with Crippen molar-refractivity contribution in [3.05, 3.63) is 76.4 Å². The number of carbonyl (C=O) groups is 1. The van der Waals surface area contributed by atoms with Gasteiger partial charge in [0, 0.05) is 29.5 Å². The minimum Gasteiger partial charge on any atom is -0.382 e. The van der Waals surface area contributed by atoms with E-state index in [1.807, 2.05) is 24.3 Å². The third-order valence-electron chi connectivity index (χ3n) is 3.56. The topological polar surface area (TPSA) is 93.8 Å². The molecule has 3 aromatic heterocycles. The van der Waals surface area contributed by atoms with E-state index in [9.17, 15) is 4.79 Å². The van der Waals surface area contributed by atoms with E-state index in [2.05, 4.69) is 36.2 Å². The maximum atomic E-state index is 12.3. The number of halogens is 1. The van der Waals surface area contributed by atoms with Crippen molar-refractivity contribution in [2.45, 2.75) is 13.0 Å². The Morgan fingerprint density at radius 1 is 1.12 bits per heavy atom. The highest BCUT2D eigenvalue weighted by atomic mass is 79.9. The average Bonchev–Trinajstić information content (AvgIpc) is 2.62. The zero-order chi connectivity index (χ0) is 17.6. The quantitative estimate of drug-likeness (QED) is 0.619. The van der Waals surface area contributed by atoms with Gasteiger partial charge in [-0.25, -0.2) is 4.98 Å². The summed E-state index contributed by atoms with van der Waals surface area (Å²) in [4.78, 5) is 24.8. The van der Waals surface area contributed by atoms with E-state index >= 15 is 0 Å². The second kappa shape index (κ2) is 7.85. The van der Waals surface area contributed by atoms with Crippen LogP contribution in [0.3, 0.4) is 0 Å². The van der Waals surface area contributed by atoms with Crippen LogP contribution in [-0.2, 0) is 13.0 Å². The summed E-state index contributed by atoms with van der Waals surface area (Å²) in [5, 5.41) is 3.20. The van der Waals surface area contributed by atoms with Crippen molar-refractivity contribution < 1.29 is 4.79 Å². The minimum atomic E-state index is -0.0332. The Kier molecular flexibility index (Phi) is 5.35. The molecule has 0 saturated heterocycles. The fraction of sp³-hybridized carbons (Fsp3) is 0.111. The summed E-state index contributed by atoms with van der Waals surface area (Å²) in [6.07, 6.45) is 5.23. The van der Waals surface area contributed by atoms with Gasteiger partial charge in [0.25, 0.3) is 0 Å². The van der Waals surface area contributed by atoms with E-state index in [0.29, 0.717) is 18.1 Å². The van der Waals surface area contributed by atoms with Gasteiger partial charge in [-0.1, -0.05) is 0 Å². The molecule has 0 bridgehead atoms. The molecule has 0 radical (unpaired) electrons. The number of nitrogens with zero attached hydrogens (tertiary/aromatic N) is 3. The van der Waals surface area contributed by atoms with E-state index < -0.39 is 0 Å². The molecule has 0 unspecified atom stereocenters. The second-order valence-corrected chi connectivity index (χ2v) is 6.32. The van der Waals surface area contributed by atoms with Crippen LogP contribution in [0.2, 0.25) is 0 Å². The van der Waals surface area contributed by atoms with Crippen LogP contribution in [0.4, 0.5) is 11.5 Å².